The summed E-state index contributed by atoms with van der Waals surface area (Å²) in [6.07, 6.45) is 1.91. The third-order valence-corrected chi connectivity index (χ3v) is 7.64. The van der Waals surface area contributed by atoms with Crippen molar-refractivity contribution in [3.8, 4) is 5.75 Å². The molecule has 0 bridgehead atoms. The van der Waals surface area contributed by atoms with E-state index in [1.54, 1.807) is 34.5 Å². The lowest BCUT2D eigenvalue weighted by Gasteiger charge is -2.37. The van der Waals surface area contributed by atoms with Crippen LogP contribution in [0.2, 0.25) is 0 Å². The highest BCUT2D eigenvalue weighted by Crippen LogP contribution is 2.33. The van der Waals surface area contributed by atoms with E-state index < -0.39 is 16.0 Å². The number of methoxy groups -OCH3 is 1. The molecule has 0 N–H and O–H groups in total. The number of carbonyl (C=O) groups excluding carboxylic acids is 2. The van der Waals surface area contributed by atoms with Crippen molar-refractivity contribution in [1.29, 1.82) is 0 Å². The van der Waals surface area contributed by atoms with Crippen LogP contribution in [-0.2, 0) is 24.3 Å². The molecule has 10 heteroatoms. The van der Waals surface area contributed by atoms with E-state index in [1.807, 2.05) is 4.90 Å². The first-order valence-electron chi connectivity index (χ1n) is 10.6. The first-order valence-corrected chi connectivity index (χ1v) is 12.0. The zero-order valence-electron chi connectivity index (χ0n) is 18.4. The van der Waals surface area contributed by atoms with Crippen molar-refractivity contribution >= 4 is 27.6 Å². The van der Waals surface area contributed by atoms with E-state index >= 15 is 0 Å². The third-order valence-electron chi connectivity index (χ3n) is 5.78. The van der Waals surface area contributed by atoms with Crippen molar-refractivity contribution in [3.05, 3.63) is 18.2 Å². The Bertz CT molecular complexity index is 912. The molecule has 2 fully saturated rings. The SMILES string of the molecule is COc1ccc(S(=O)(=O)N2CCCC(C)C2)cc1N1CCN(C(=O)COC(C)=O)CC1. The Kier molecular flexibility index (Phi) is 7.42. The standard InChI is InChI=1S/C21H31N3O6S/c1-16-5-4-8-24(14-16)31(27,28)18-6-7-20(29-3)19(13-18)22-9-11-23(12-10-22)21(26)15-30-17(2)25/h6-7,13,16H,4-5,8-12,14-15H2,1-3H3. The number of hydrogen-bond acceptors (Lipinski definition) is 7. The molecule has 0 radical (unpaired) electrons. The van der Waals surface area contributed by atoms with Gasteiger partial charge in [0.2, 0.25) is 10.0 Å². The van der Waals surface area contributed by atoms with Gasteiger partial charge in [-0.05, 0) is 37.0 Å². The van der Waals surface area contributed by atoms with Crippen LogP contribution in [0.5, 0.6) is 5.75 Å². The van der Waals surface area contributed by atoms with Crippen molar-refractivity contribution in [2.24, 2.45) is 5.92 Å². The first-order chi connectivity index (χ1) is 14.7. The summed E-state index contributed by atoms with van der Waals surface area (Å²) in [6.45, 7) is 6.09. The summed E-state index contributed by atoms with van der Waals surface area (Å²) in [5.41, 5.74) is 0.695. The fourth-order valence-corrected chi connectivity index (χ4v) is 5.66. The smallest absolute Gasteiger partial charge is 0.303 e. The van der Waals surface area contributed by atoms with Gasteiger partial charge in [-0.3, -0.25) is 9.59 Å². The lowest BCUT2D eigenvalue weighted by molar-refractivity contribution is -0.150. The van der Waals surface area contributed by atoms with Crippen LogP contribution >= 0.6 is 0 Å². The van der Waals surface area contributed by atoms with Gasteiger partial charge in [-0.2, -0.15) is 4.31 Å². The van der Waals surface area contributed by atoms with Crippen LogP contribution in [0.15, 0.2) is 23.1 Å². The Morgan fingerprint density at radius 1 is 1.13 bits per heavy atom. The first kappa shape index (κ1) is 23.3. The van der Waals surface area contributed by atoms with Crippen molar-refractivity contribution in [2.45, 2.75) is 31.6 Å². The molecule has 2 aliphatic heterocycles. The highest BCUT2D eigenvalue weighted by atomic mass is 32.2. The Morgan fingerprint density at radius 2 is 1.84 bits per heavy atom. The number of sulfonamides is 1. The number of amides is 1. The normalized spacial score (nSPS) is 20.4. The van der Waals surface area contributed by atoms with Gasteiger partial charge in [-0.15, -0.1) is 0 Å². The molecule has 9 nitrogen and oxygen atoms in total. The molecule has 0 aromatic heterocycles. The van der Waals surface area contributed by atoms with Gasteiger partial charge in [-0.1, -0.05) is 6.92 Å². The molecule has 1 aromatic carbocycles. The molecule has 31 heavy (non-hydrogen) atoms. The molecular weight excluding hydrogens is 422 g/mol. The minimum atomic E-state index is -3.58. The van der Waals surface area contributed by atoms with Gasteiger partial charge in [0.15, 0.2) is 6.61 Å². The largest absolute Gasteiger partial charge is 0.495 e. The molecule has 0 saturated carbocycles. The van der Waals surface area contributed by atoms with Crippen LogP contribution in [0.25, 0.3) is 0 Å². The molecule has 2 aliphatic rings. The average Bonchev–Trinajstić information content (AvgIpc) is 2.77. The summed E-state index contributed by atoms with van der Waals surface area (Å²) < 4.78 is 38.3. The number of hydrogen-bond donors (Lipinski definition) is 0. The number of esters is 1. The third kappa shape index (κ3) is 5.48. The van der Waals surface area contributed by atoms with Gasteiger partial charge in [0.05, 0.1) is 17.7 Å². The number of piperidine rings is 1. The quantitative estimate of drug-likeness (QED) is 0.600. The molecule has 172 valence electrons. The minimum Gasteiger partial charge on any atom is -0.495 e. The van der Waals surface area contributed by atoms with Crippen molar-refractivity contribution in [2.75, 3.05) is 57.9 Å². The fraction of sp³-hybridized carbons (Fsp3) is 0.619. The predicted molar refractivity (Wildman–Crippen MR) is 116 cm³/mol. The Labute approximate surface area is 183 Å². The maximum atomic E-state index is 13.2. The predicted octanol–water partition coefficient (Wildman–Crippen LogP) is 1.33. The molecule has 1 atom stereocenters. The van der Waals surface area contributed by atoms with Gasteiger partial charge in [-0.25, -0.2) is 8.42 Å². The lowest BCUT2D eigenvalue weighted by atomic mass is 10.0. The summed E-state index contributed by atoms with van der Waals surface area (Å²) in [6, 6.07) is 4.95. The van der Waals surface area contributed by atoms with E-state index in [-0.39, 0.29) is 17.4 Å². The van der Waals surface area contributed by atoms with E-state index in [2.05, 4.69) is 6.92 Å². The molecule has 1 unspecified atom stereocenters. The van der Waals surface area contributed by atoms with E-state index in [0.717, 1.165) is 12.8 Å². The monoisotopic (exact) mass is 453 g/mol. The van der Waals surface area contributed by atoms with Crippen molar-refractivity contribution in [3.63, 3.8) is 0 Å². The van der Waals surface area contributed by atoms with Crippen LogP contribution in [0, 0.1) is 5.92 Å². The summed E-state index contributed by atoms with van der Waals surface area (Å²) in [5, 5.41) is 0. The van der Waals surface area contributed by atoms with Gasteiger partial charge < -0.3 is 19.3 Å². The van der Waals surface area contributed by atoms with Gasteiger partial charge in [0.1, 0.15) is 5.75 Å². The summed E-state index contributed by atoms with van der Waals surface area (Å²) in [4.78, 5) is 27.0. The zero-order chi connectivity index (χ0) is 22.6. The number of anilines is 1. The number of rotatable bonds is 6. The van der Waals surface area contributed by atoms with Crippen LogP contribution in [0.3, 0.4) is 0 Å². The lowest BCUT2D eigenvalue weighted by Crippen LogP contribution is -2.50. The van der Waals surface area contributed by atoms with Crippen LogP contribution in [0.4, 0.5) is 5.69 Å². The topological polar surface area (TPSA) is 96.5 Å². The molecule has 2 saturated heterocycles. The number of ether oxygens (including phenoxy) is 2. The Hall–Kier alpha value is -2.33. The number of nitrogens with zero attached hydrogens (tertiary/aromatic N) is 3. The van der Waals surface area contributed by atoms with Crippen LogP contribution < -0.4 is 9.64 Å². The summed E-state index contributed by atoms with van der Waals surface area (Å²) >= 11 is 0. The Morgan fingerprint density at radius 3 is 2.45 bits per heavy atom. The van der Waals surface area contributed by atoms with E-state index in [0.29, 0.717) is 56.6 Å². The fourth-order valence-electron chi connectivity index (χ4n) is 4.04. The van der Waals surface area contributed by atoms with Crippen molar-refractivity contribution < 1.29 is 27.5 Å². The summed E-state index contributed by atoms with van der Waals surface area (Å²) in [7, 11) is -2.03. The number of benzene rings is 1. The van der Waals surface area contributed by atoms with E-state index in [4.69, 9.17) is 9.47 Å². The van der Waals surface area contributed by atoms with Gasteiger partial charge >= 0.3 is 5.97 Å². The van der Waals surface area contributed by atoms with E-state index in [1.165, 1.54) is 6.92 Å². The molecule has 2 heterocycles. The van der Waals surface area contributed by atoms with Crippen molar-refractivity contribution in [1.82, 2.24) is 9.21 Å². The highest BCUT2D eigenvalue weighted by Gasteiger charge is 2.30. The number of piperazine rings is 1. The molecule has 1 amide bonds. The van der Waals surface area contributed by atoms with Gasteiger partial charge in [0.25, 0.3) is 5.91 Å². The average molecular weight is 454 g/mol. The van der Waals surface area contributed by atoms with E-state index in [9.17, 15) is 18.0 Å². The molecule has 0 aliphatic carbocycles. The zero-order valence-corrected chi connectivity index (χ0v) is 19.2. The van der Waals surface area contributed by atoms with Gasteiger partial charge in [0, 0.05) is 46.2 Å². The molecule has 0 spiro atoms. The minimum absolute atomic E-state index is 0.239. The molecule has 3 rings (SSSR count). The number of carbonyl (C=O) groups is 2. The summed E-state index contributed by atoms with van der Waals surface area (Å²) in [5.74, 6) is 0.208. The van der Waals surface area contributed by atoms with Crippen LogP contribution in [0.1, 0.15) is 26.7 Å². The maximum Gasteiger partial charge on any atom is 0.303 e. The van der Waals surface area contributed by atoms with Crippen LogP contribution in [-0.4, -0.2) is 82.5 Å². The molecule has 1 aromatic rings. The highest BCUT2D eigenvalue weighted by molar-refractivity contribution is 7.89. The second kappa shape index (κ2) is 9.86. The Balaban J connectivity index is 1.74. The molecular formula is C21H31N3O6S. The maximum absolute atomic E-state index is 13.2. The second-order valence-corrected chi connectivity index (χ2v) is 10.0. The second-order valence-electron chi connectivity index (χ2n) is 8.09.